The number of rotatable bonds is 2. The number of carbonyl (C=O) groups is 2. The molecule has 4 heteroatoms. The highest BCUT2D eigenvalue weighted by molar-refractivity contribution is 6.30. The van der Waals surface area contributed by atoms with E-state index in [4.69, 9.17) is 11.6 Å². The van der Waals surface area contributed by atoms with Gasteiger partial charge in [-0.2, -0.15) is 0 Å². The third-order valence-electron chi connectivity index (χ3n) is 6.24. The molecular formula is C17H20ClNO2. The standard InChI is InChI=1S/C17H20ClNO2/c1-15(2)16(3)8-9-17(15,10-13(16)20)14(21)19-12-6-4-11(18)5-7-12/h4-7H,8-10H2,1-3H3,(H,19,21)/t16-,17+/m0/s1. The van der Waals surface area contributed by atoms with E-state index >= 15 is 0 Å². The molecule has 2 aliphatic carbocycles. The number of benzene rings is 1. The number of hydrogen-bond acceptors (Lipinski definition) is 2. The Balaban J connectivity index is 1.91. The van der Waals surface area contributed by atoms with Gasteiger partial charge in [0.2, 0.25) is 5.91 Å². The van der Waals surface area contributed by atoms with Gasteiger partial charge in [0.25, 0.3) is 0 Å². The molecule has 2 fully saturated rings. The molecule has 0 heterocycles. The fraction of sp³-hybridized carbons (Fsp3) is 0.529. The lowest BCUT2D eigenvalue weighted by Crippen LogP contribution is -2.43. The third kappa shape index (κ3) is 1.73. The fourth-order valence-electron chi connectivity index (χ4n) is 4.14. The van der Waals surface area contributed by atoms with Crippen molar-refractivity contribution in [1.29, 1.82) is 0 Å². The second-order valence-corrected chi connectivity index (χ2v) is 7.54. The van der Waals surface area contributed by atoms with E-state index in [1.165, 1.54) is 0 Å². The molecule has 0 aliphatic heterocycles. The Morgan fingerprint density at radius 2 is 1.76 bits per heavy atom. The second kappa shape index (κ2) is 4.33. The molecule has 3 rings (SSSR count). The summed E-state index contributed by atoms with van der Waals surface area (Å²) in [5, 5.41) is 3.61. The van der Waals surface area contributed by atoms with Crippen LogP contribution in [0.25, 0.3) is 0 Å². The summed E-state index contributed by atoms with van der Waals surface area (Å²) in [5.74, 6) is 0.189. The highest BCUT2D eigenvalue weighted by atomic mass is 35.5. The molecule has 2 atom stereocenters. The van der Waals surface area contributed by atoms with E-state index in [2.05, 4.69) is 19.2 Å². The number of hydrogen-bond donors (Lipinski definition) is 1. The Kier molecular flexibility index (Phi) is 3.00. The number of carbonyl (C=O) groups excluding carboxylic acids is 2. The molecule has 1 N–H and O–H groups in total. The lowest BCUT2D eigenvalue weighted by atomic mass is 9.64. The van der Waals surface area contributed by atoms with Crippen LogP contribution in [-0.2, 0) is 9.59 Å². The molecule has 0 aromatic heterocycles. The predicted octanol–water partition coefficient (Wildman–Crippen LogP) is 4.06. The number of Topliss-reactive ketones (excluding diaryl/α,β-unsaturated/α-hetero) is 1. The minimum absolute atomic E-state index is 0.0376. The Morgan fingerprint density at radius 1 is 1.14 bits per heavy atom. The van der Waals surface area contributed by atoms with Crippen molar-refractivity contribution in [3.05, 3.63) is 29.3 Å². The maximum absolute atomic E-state index is 12.9. The van der Waals surface area contributed by atoms with Crippen molar-refractivity contribution in [2.45, 2.75) is 40.0 Å². The summed E-state index contributed by atoms with van der Waals surface area (Å²) in [6.07, 6.45) is 1.93. The molecule has 2 bridgehead atoms. The lowest BCUT2D eigenvalue weighted by Gasteiger charge is -2.38. The number of nitrogens with one attached hydrogen (secondary N) is 1. The summed E-state index contributed by atoms with van der Waals surface area (Å²) in [4.78, 5) is 25.3. The van der Waals surface area contributed by atoms with E-state index in [1.54, 1.807) is 24.3 Å². The second-order valence-electron chi connectivity index (χ2n) is 7.10. The minimum atomic E-state index is -0.585. The summed E-state index contributed by atoms with van der Waals surface area (Å²) in [5.41, 5.74) is -0.543. The zero-order valence-corrected chi connectivity index (χ0v) is 13.4. The van der Waals surface area contributed by atoms with Crippen molar-refractivity contribution in [2.24, 2.45) is 16.2 Å². The average Bonchev–Trinajstić information content (AvgIpc) is 2.72. The summed E-state index contributed by atoms with van der Waals surface area (Å²) in [6, 6.07) is 7.07. The van der Waals surface area contributed by atoms with E-state index in [-0.39, 0.29) is 22.5 Å². The van der Waals surface area contributed by atoms with Gasteiger partial charge >= 0.3 is 0 Å². The fourth-order valence-corrected chi connectivity index (χ4v) is 4.27. The topological polar surface area (TPSA) is 46.2 Å². The van der Waals surface area contributed by atoms with E-state index in [0.29, 0.717) is 11.4 Å². The third-order valence-corrected chi connectivity index (χ3v) is 6.49. The number of ketones is 1. The first-order valence-electron chi connectivity index (χ1n) is 7.33. The Labute approximate surface area is 130 Å². The molecule has 2 saturated carbocycles. The van der Waals surface area contributed by atoms with Gasteiger partial charge in [0.05, 0.1) is 5.41 Å². The summed E-state index contributed by atoms with van der Waals surface area (Å²) >= 11 is 5.86. The molecule has 1 amide bonds. The molecule has 0 saturated heterocycles. The number of halogens is 1. The normalized spacial score (nSPS) is 33.2. The number of anilines is 1. The van der Waals surface area contributed by atoms with Crippen LogP contribution in [0.2, 0.25) is 5.02 Å². The molecule has 1 aromatic rings. The molecule has 0 unspecified atom stereocenters. The molecule has 0 radical (unpaired) electrons. The molecular weight excluding hydrogens is 286 g/mol. The number of amides is 1. The van der Waals surface area contributed by atoms with Gasteiger partial charge in [0.1, 0.15) is 5.78 Å². The van der Waals surface area contributed by atoms with Gasteiger partial charge in [-0.3, -0.25) is 9.59 Å². The smallest absolute Gasteiger partial charge is 0.231 e. The van der Waals surface area contributed by atoms with Crippen LogP contribution >= 0.6 is 11.6 Å². The molecule has 112 valence electrons. The van der Waals surface area contributed by atoms with Gasteiger partial charge in [0.15, 0.2) is 0 Å². The van der Waals surface area contributed by atoms with Crippen molar-refractivity contribution in [1.82, 2.24) is 0 Å². The van der Waals surface area contributed by atoms with Gasteiger partial charge in [0, 0.05) is 22.5 Å². The molecule has 0 spiro atoms. The summed E-state index contributed by atoms with van der Waals surface area (Å²) in [6.45, 7) is 6.14. The van der Waals surface area contributed by atoms with Gasteiger partial charge in [-0.05, 0) is 42.5 Å². The molecule has 3 nitrogen and oxygen atoms in total. The Bertz CT molecular complexity index is 622. The van der Waals surface area contributed by atoms with Crippen LogP contribution in [0.3, 0.4) is 0 Å². The maximum atomic E-state index is 12.9. The quantitative estimate of drug-likeness (QED) is 0.895. The van der Waals surface area contributed by atoms with Crippen molar-refractivity contribution < 1.29 is 9.59 Å². The predicted molar refractivity (Wildman–Crippen MR) is 83.3 cm³/mol. The van der Waals surface area contributed by atoms with Crippen LogP contribution < -0.4 is 5.32 Å². The monoisotopic (exact) mass is 305 g/mol. The SMILES string of the molecule is CC1(C)[C@]2(C(=O)Nc3ccc(Cl)cc3)CC[C@@]1(C)C(=O)C2. The van der Waals surface area contributed by atoms with Crippen molar-refractivity contribution in [3.8, 4) is 0 Å². The van der Waals surface area contributed by atoms with E-state index in [1.807, 2.05) is 6.92 Å². The largest absolute Gasteiger partial charge is 0.326 e. The van der Waals surface area contributed by atoms with Crippen LogP contribution in [-0.4, -0.2) is 11.7 Å². The van der Waals surface area contributed by atoms with Crippen LogP contribution in [0.1, 0.15) is 40.0 Å². The first-order valence-corrected chi connectivity index (χ1v) is 7.71. The van der Waals surface area contributed by atoms with Crippen LogP contribution in [0, 0.1) is 16.2 Å². The van der Waals surface area contributed by atoms with Crippen molar-refractivity contribution in [3.63, 3.8) is 0 Å². The lowest BCUT2D eigenvalue weighted by molar-refractivity contribution is -0.131. The van der Waals surface area contributed by atoms with E-state index in [9.17, 15) is 9.59 Å². The summed E-state index contributed by atoms with van der Waals surface area (Å²) in [7, 11) is 0. The van der Waals surface area contributed by atoms with Crippen LogP contribution in [0.5, 0.6) is 0 Å². The zero-order chi connectivity index (χ0) is 15.5. The van der Waals surface area contributed by atoms with Crippen molar-refractivity contribution >= 4 is 29.0 Å². The first-order chi connectivity index (χ1) is 9.73. The van der Waals surface area contributed by atoms with Gasteiger partial charge in [-0.1, -0.05) is 32.4 Å². The number of fused-ring (bicyclic) bond motifs is 2. The summed E-state index contributed by atoms with van der Waals surface area (Å²) < 4.78 is 0. The van der Waals surface area contributed by atoms with Gasteiger partial charge < -0.3 is 5.32 Å². The van der Waals surface area contributed by atoms with Gasteiger partial charge in [-0.15, -0.1) is 0 Å². The molecule has 1 aromatic carbocycles. The minimum Gasteiger partial charge on any atom is -0.326 e. The van der Waals surface area contributed by atoms with E-state index < -0.39 is 5.41 Å². The Hall–Kier alpha value is -1.35. The Morgan fingerprint density at radius 3 is 2.24 bits per heavy atom. The molecule has 21 heavy (non-hydrogen) atoms. The van der Waals surface area contributed by atoms with E-state index in [0.717, 1.165) is 18.5 Å². The zero-order valence-electron chi connectivity index (χ0n) is 12.6. The molecule has 2 aliphatic rings. The highest BCUT2D eigenvalue weighted by Crippen LogP contribution is 2.70. The average molecular weight is 306 g/mol. The maximum Gasteiger partial charge on any atom is 0.231 e. The van der Waals surface area contributed by atoms with Crippen LogP contribution in [0.15, 0.2) is 24.3 Å². The van der Waals surface area contributed by atoms with Gasteiger partial charge in [-0.25, -0.2) is 0 Å². The van der Waals surface area contributed by atoms with Crippen molar-refractivity contribution in [2.75, 3.05) is 5.32 Å². The highest BCUT2D eigenvalue weighted by Gasteiger charge is 2.72. The van der Waals surface area contributed by atoms with Crippen LogP contribution in [0.4, 0.5) is 5.69 Å². The first kappa shape index (κ1) is 14.6.